The minimum atomic E-state index is -0.372. The lowest BCUT2D eigenvalue weighted by Gasteiger charge is -1.97. The van der Waals surface area contributed by atoms with Crippen LogP contribution >= 0.6 is 0 Å². The summed E-state index contributed by atoms with van der Waals surface area (Å²) in [4.78, 5) is 11.9. The predicted octanol–water partition coefficient (Wildman–Crippen LogP) is 2.33. The summed E-state index contributed by atoms with van der Waals surface area (Å²) in [6, 6.07) is 12.7. The van der Waals surface area contributed by atoms with E-state index in [1.165, 1.54) is 36.6 Å². The lowest BCUT2D eigenvalue weighted by molar-refractivity contribution is 0.104. The lowest BCUT2D eigenvalue weighted by Crippen LogP contribution is -2.21. The number of ketones is 1. The van der Waals surface area contributed by atoms with E-state index in [9.17, 15) is 9.18 Å². The monoisotopic (exact) mass is 310 g/mol. The van der Waals surface area contributed by atoms with E-state index in [0.717, 1.165) is 11.1 Å². The summed E-state index contributed by atoms with van der Waals surface area (Å²) >= 11 is 0. The number of hydrogen-bond acceptors (Lipinski definition) is 3. The number of nitrogens with zero attached hydrogens (tertiary/aromatic N) is 2. The van der Waals surface area contributed by atoms with Gasteiger partial charge in [0.25, 0.3) is 0 Å². The number of guanidine groups is 1. The van der Waals surface area contributed by atoms with Crippen LogP contribution in [0.1, 0.15) is 21.5 Å². The number of nitrogens with two attached hydrogens (primary N) is 2. The molecule has 0 aliphatic carbocycles. The zero-order valence-electron chi connectivity index (χ0n) is 12.2. The highest BCUT2D eigenvalue weighted by molar-refractivity contribution is 6.06. The molecule has 0 aliphatic heterocycles. The van der Waals surface area contributed by atoms with Gasteiger partial charge in [0.05, 0.1) is 6.21 Å². The van der Waals surface area contributed by atoms with Crippen molar-refractivity contribution in [2.45, 2.75) is 0 Å². The van der Waals surface area contributed by atoms with Gasteiger partial charge in [-0.25, -0.2) is 4.39 Å². The van der Waals surface area contributed by atoms with E-state index >= 15 is 0 Å². The Bertz CT molecular complexity index is 758. The fourth-order valence-electron chi connectivity index (χ4n) is 1.74. The van der Waals surface area contributed by atoms with E-state index in [4.69, 9.17) is 11.5 Å². The van der Waals surface area contributed by atoms with Gasteiger partial charge in [0.2, 0.25) is 5.96 Å². The van der Waals surface area contributed by atoms with Crippen molar-refractivity contribution in [3.8, 4) is 0 Å². The van der Waals surface area contributed by atoms with Crippen LogP contribution < -0.4 is 11.5 Å². The number of halogens is 1. The van der Waals surface area contributed by atoms with Crippen LogP contribution in [0.5, 0.6) is 0 Å². The van der Waals surface area contributed by atoms with Crippen molar-refractivity contribution in [3.05, 3.63) is 77.1 Å². The maximum absolute atomic E-state index is 12.8. The molecule has 6 heteroatoms. The van der Waals surface area contributed by atoms with Crippen molar-refractivity contribution >= 4 is 24.0 Å². The molecule has 2 rings (SSSR count). The van der Waals surface area contributed by atoms with E-state index < -0.39 is 0 Å². The van der Waals surface area contributed by atoms with Gasteiger partial charge in [-0.1, -0.05) is 30.3 Å². The Morgan fingerprint density at radius 1 is 0.957 bits per heavy atom. The Hall–Kier alpha value is -3.28. The molecule has 0 radical (unpaired) electrons. The van der Waals surface area contributed by atoms with Crippen LogP contribution in [0.3, 0.4) is 0 Å². The SMILES string of the molecule is NC(N)=N/N=C/c1ccc(/C=C/C(=O)c2ccc(F)cc2)cc1. The number of hydrogen-bond donors (Lipinski definition) is 2. The molecule has 4 N–H and O–H groups in total. The molecule has 0 aliphatic rings. The van der Waals surface area contributed by atoms with Crippen LogP contribution in [-0.4, -0.2) is 18.0 Å². The number of carbonyl (C=O) groups excluding carboxylic acids is 1. The van der Waals surface area contributed by atoms with Crippen molar-refractivity contribution < 1.29 is 9.18 Å². The third kappa shape index (κ3) is 5.20. The average molecular weight is 310 g/mol. The van der Waals surface area contributed by atoms with Gasteiger partial charge in [-0.2, -0.15) is 5.10 Å². The van der Waals surface area contributed by atoms with Gasteiger partial charge in [0.15, 0.2) is 5.78 Å². The number of benzene rings is 2. The average Bonchev–Trinajstić information content (AvgIpc) is 2.54. The number of carbonyl (C=O) groups is 1. The van der Waals surface area contributed by atoms with Crippen molar-refractivity contribution in [3.63, 3.8) is 0 Å². The van der Waals surface area contributed by atoms with Crippen LogP contribution in [0.2, 0.25) is 0 Å². The van der Waals surface area contributed by atoms with Crippen molar-refractivity contribution in [2.24, 2.45) is 21.7 Å². The fraction of sp³-hybridized carbons (Fsp3) is 0. The summed E-state index contributed by atoms with van der Waals surface area (Å²) in [5.41, 5.74) is 12.4. The molecule has 0 aromatic heterocycles. The highest BCUT2D eigenvalue weighted by Gasteiger charge is 2.01. The van der Waals surface area contributed by atoms with Crippen molar-refractivity contribution in [1.82, 2.24) is 0 Å². The molecular weight excluding hydrogens is 295 g/mol. The first-order valence-electron chi connectivity index (χ1n) is 6.74. The first-order chi connectivity index (χ1) is 11.0. The van der Waals surface area contributed by atoms with E-state index in [1.54, 1.807) is 6.08 Å². The molecule has 23 heavy (non-hydrogen) atoms. The molecule has 5 nitrogen and oxygen atoms in total. The van der Waals surface area contributed by atoms with E-state index in [1.807, 2.05) is 24.3 Å². The summed E-state index contributed by atoms with van der Waals surface area (Å²) in [7, 11) is 0. The largest absolute Gasteiger partial charge is 0.369 e. The smallest absolute Gasteiger partial charge is 0.211 e. The molecule has 2 aromatic carbocycles. The second kappa shape index (κ2) is 7.65. The van der Waals surface area contributed by atoms with Crippen LogP contribution in [0.15, 0.2) is 64.8 Å². The lowest BCUT2D eigenvalue weighted by atomic mass is 10.1. The summed E-state index contributed by atoms with van der Waals surface area (Å²) in [6.07, 6.45) is 4.63. The molecule has 0 fully saturated rings. The van der Waals surface area contributed by atoms with Crippen LogP contribution in [0, 0.1) is 5.82 Å². The summed E-state index contributed by atoms with van der Waals surface area (Å²) < 4.78 is 12.8. The van der Waals surface area contributed by atoms with E-state index in [0.29, 0.717) is 5.56 Å². The first kappa shape index (κ1) is 16.1. The van der Waals surface area contributed by atoms with Crippen molar-refractivity contribution in [2.75, 3.05) is 0 Å². The fourth-order valence-corrected chi connectivity index (χ4v) is 1.74. The molecule has 0 atom stereocenters. The van der Waals surface area contributed by atoms with Gasteiger partial charge >= 0.3 is 0 Å². The summed E-state index contributed by atoms with van der Waals surface area (Å²) in [5.74, 6) is -0.674. The molecular formula is C17H15FN4O. The van der Waals surface area contributed by atoms with Gasteiger partial charge in [-0.05, 0) is 41.5 Å². The molecule has 0 amide bonds. The molecule has 116 valence electrons. The Morgan fingerprint density at radius 2 is 1.57 bits per heavy atom. The van der Waals surface area contributed by atoms with Crippen molar-refractivity contribution in [1.29, 1.82) is 0 Å². The normalized spacial score (nSPS) is 11.0. The molecule has 0 unspecified atom stereocenters. The molecule has 0 saturated carbocycles. The third-order valence-corrected chi connectivity index (χ3v) is 2.87. The van der Waals surface area contributed by atoms with Gasteiger partial charge in [0, 0.05) is 5.56 Å². The number of allylic oxidation sites excluding steroid dienone is 1. The second-order valence-corrected chi connectivity index (χ2v) is 4.64. The maximum Gasteiger partial charge on any atom is 0.211 e. The molecule has 0 spiro atoms. The Balaban J connectivity index is 2.02. The topological polar surface area (TPSA) is 93.8 Å². The third-order valence-electron chi connectivity index (χ3n) is 2.87. The molecule has 0 saturated heterocycles. The predicted molar refractivity (Wildman–Crippen MR) is 89.6 cm³/mol. The van der Waals surface area contributed by atoms with Crippen LogP contribution in [0.25, 0.3) is 6.08 Å². The number of rotatable bonds is 5. The molecule has 0 bridgehead atoms. The highest BCUT2D eigenvalue weighted by atomic mass is 19.1. The quantitative estimate of drug-likeness (QED) is 0.292. The standard InChI is InChI=1S/C17H15FN4O/c18-15-8-6-14(7-9-15)16(23)10-5-12-1-3-13(4-2-12)11-21-22-17(19)20/h1-11H,(H4,19,20,22)/b10-5+,21-11+. The van der Waals surface area contributed by atoms with Gasteiger partial charge in [0.1, 0.15) is 5.82 Å². The Kier molecular flexibility index (Phi) is 5.35. The zero-order chi connectivity index (χ0) is 16.7. The maximum atomic E-state index is 12.8. The minimum Gasteiger partial charge on any atom is -0.369 e. The Morgan fingerprint density at radius 3 is 2.17 bits per heavy atom. The summed E-state index contributed by atoms with van der Waals surface area (Å²) in [5, 5.41) is 7.20. The van der Waals surface area contributed by atoms with E-state index in [-0.39, 0.29) is 17.6 Å². The Labute approximate surface area is 132 Å². The molecule has 2 aromatic rings. The van der Waals surface area contributed by atoms with Gasteiger partial charge < -0.3 is 11.5 Å². The minimum absolute atomic E-state index is 0.111. The zero-order valence-corrected chi connectivity index (χ0v) is 12.2. The van der Waals surface area contributed by atoms with E-state index in [2.05, 4.69) is 10.2 Å². The summed E-state index contributed by atoms with van der Waals surface area (Å²) in [6.45, 7) is 0. The van der Waals surface area contributed by atoms with Crippen LogP contribution in [0.4, 0.5) is 4.39 Å². The highest BCUT2D eigenvalue weighted by Crippen LogP contribution is 2.08. The van der Waals surface area contributed by atoms with Crippen LogP contribution in [-0.2, 0) is 0 Å². The van der Waals surface area contributed by atoms with Gasteiger partial charge in [-0.15, -0.1) is 5.10 Å². The molecule has 0 heterocycles. The second-order valence-electron chi connectivity index (χ2n) is 4.64. The van der Waals surface area contributed by atoms with Gasteiger partial charge in [-0.3, -0.25) is 4.79 Å². The first-order valence-corrected chi connectivity index (χ1v) is 6.74.